The van der Waals surface area contributed by atoms with Crippen molar-refractivity contribution in [2.75, 3.05) is 11.9 Å². The molecule has 0 spiro atoms. The first kappa shape index (κ1) is 14.4. The Kier molecular flexibility index (Phi) is 4.23. The van der Waals surface area contributed by atoms with E-state index in [1.165, 1.54) is 12.1 Å². The summed E-state index contributed by atoms with van der Waals surface area (Å²) in [7, 11) is 0. The smallest absolute Gasteiger partial charge is 0.262 e. The number of aromatic nitrogens is 1. The number of phenols is 1. The Balaban J connectivity index is 1.60. The van der Waals surface area contributed by atoms with Crippen molar-refractivity contribution in [3.63, 3.8) is 0 Å². The summed E-state index contributed by atoms with van der Waals surface area (Å²) in [6.07, 6.45) is 5.96. The van der Waals surface area contributed by atoms with Crippen LogP contribution in [-0.4, -0.2) is 22.6 Å². The SMILES string of the molecule is O=C(COc1ccnc2c1CCCC2)Nc1ccc(O)cc1. The van der Waals surface area contributed by atoms with E-state index in [4.69, 9.17) is 4.74 Å². The number of amides is 1. The molecular formula is C17H18N2O3. The molecule has 1 aromatic heterocycles. The molecule has 1 heterocycles. The highest BCUT2D eigenvalue weighted by Gasteiger charge is 2.15. The normalized spacial score (nSPS) is 13.3. The van der Waals surface area contributed by atoms with Crippen LogP contribution in [0.5, 0.6) is 11.5 Å². The Morgan fingerprint density at radius 1 is 1.18 bits per heavy atom. The predicted octanol–water partition coefficient (Wildman–Crippen LogP) is 2.68. The van der Waals surface area contributed by atoms with Crippen LogP contribution in [0.1, 0.15) is 24.1 Å². The molecule has 0 atom stereocenters. The summed E-state index contributed by atoms with van der Waals surface area (Å²) in [5.41, 5.74) is 2.84. The lowest BCUT2D eigenvalue weighted by molar-refractivity contribution is -0.118. The number of hydrogen-bond acceptors (Lipinski definition) is 4. The largest absolute Gasteiger partial charge is 0.508 e. The standard InChI is InChI=1S/C17H18N2O3/c20-13-7-5-12(6-8-13)19-17(21)11-22-16-9-10-18-15-4-2-1-3-14(15)16/h5-10,20H,1-4,11H2,(H,19,21). The third kappa shape index (κ3) is 3.36. The van der Waals surface area contributed by atoms with Crippen molar-refractivity contribution in [2.45, 2.75) is 25.7 Å². The molecule has 0 radical (unpaired) electrons. The lowest BCUT2D eigenvalue weighted by atomic mass is 9.95. The summed E-state index contributed by atoms with van der Waals surface area (Å²) in [5.74, 6) is 0.690. The number of rotatable bonds is 4. The maximum absolute atomic E-state index is 11.9. The van der Waals surface area contributed by atoms with Crippen molar-refractivity contribution >= 4 is 11.6 Å². The number of nitrogens with one attached hydrogen (secondary N) is 1. The zero-order valence-electron chi connectivity index (χ0n) is 12.2. The van der Waals surface area contributed by atoms with Crippen LogP contribution in [0.2, 0.25) is 0 Å². The lowest BCUT2D eigenvalue weighted by Crippen LogP contribution is -2.21. The Bertz CT molecular complexity index is 668. The maximum Gasteiger partial charge on any atom is 0.262 e. The molecule has 0 fully saturated rings. The monoisotopic (exact) mass is 298 g/mol. The van der Waals surface area contributed by atoms with Crippen molar-refractivity contribution in [3.8, 4) is 11.5 Å². The van der Waals surface area contributed by atoms with Crippen molar-refractivity contribution in [1.82, 2.24) is 4.98 Å². The summed E-state index contributed by atoms with van der Waals surface area (Å²) in [5, 5.41) is 11.9. The van der Waals surface area contributed by atoms with Crippen molar-refractivity contribution in [2.24, 2.45) is 0 Å². The average Bonchev–Trinajstić information content (AvgIpc) is 2.55. The lowest BCUT2D eigenvalue weighted by Gasteiger charge is -2.18. The van der Waals surface area contributed by atoms with Crippen LogP contribution in [0.15, 0.2) is 36.5 Å². The Labute approximate surface area is 129 Å². The number of pyridine rings is 1. The van der Waals surface area contributed by atoms with Gasteiger partial charge in [-0.05, 0) is 56.0 Å². The quantitative estimate of drug-likeness (QED) is 0.851. The van der Waals surface area contributed by atoms with E-state index >= 15 is 0 Å². The van der Waals surface area contributed by atoms with Gasteiger partial charge in [0.25, 0.3) is 5.91 Å². The molecule has 1 aliphatic rings. The van der Waals surface area contributed by atoms with Gasteiger partial charge in [0, 0.05) is 23.1 Å². The summed E-state index contributed by atoms with van der Waals surface area (Å²) in [4.78, 5) is 16.3. The zero-order chi connectivity index (χ0) is 15.4. The van der Waals surface area contributed by atoms with Gasteiger partial charge in [-0.2, -0.15) is 0 Å². The molecule has 0 saturated heterocycles. The molecule has 3 rings (SSSR count). The minimum Gasteiger partial charge on any atom is -0.508 e. The Morgan fingerprint density at radius 3 is 2.77 bits per heavy atom. The van der Waals surface area contributed by atoms with Gasteiger partial charge in [-0.15, -0.1) is 0 Å². The first-order chi connectivity index (χ1) is 10.7. The van der Waals surface area contributed by atoms with E-state index in [0.29, 0.717) is 5.69 Å². The molecular weight excluding hydrogens is 280 g/mol. The van der Waals surface area contributed by atoms with Crippen LogP contribution in [0, 0.1) is 0 Å². The number of carbonyl (C=O) groups is 1. The van der Waals surface area contributed by atoms with E-state index in [-0.39, 0.29) is 18.3 Å². The molecule has 5 nitrogen and oxygen atoms in total. The highest BCUT2D eigenvalue weighted by atomic mass is 16.5. The third-order valence-electron chi connectivity index (χ3n) is 3.70. The minimum absolute atomic E-state index is 0.0443. The second kappa shape index (κ2) is 6.47. The van der Waals surface area contributed by atoms with Crippen LogP contribution < -0.4 is 10.1 Å². The number of aryl methyl sites for hydroxylation is 1. The van der Waals surface area contributed by atoms with Crippen LogP contribution in [0.4, 0.5) is 5.69 Å². The van der Waals surface area contributed by atoms with Gasteiger partial charge >= 0.3 is 0 Å². The van der Waals surface area contributed by atoms with E-state index in [1.807, 2.05) is 6.07 Å². The molecule has 114 valence electrons. The summed E-state index contributed by atoms with van der Waals surface area (Å²) < 4.78 is 5.66. The zero-order valence-corrected chi connectivity index (χ0v) is 12.2. The topological polar surface area (TPSA) is 71.5 Å². The Morgan fingerprint density at radius 2 is 1.95 bits per heavy atom. The van der Waals surface area contributed by atoms with E-state index < -0.39 is 0 Å². The van der Waals surface area contributed by atoms with Crippen molar-refractivity contribution < 1.29 is 14.6 Å². The first-order valence-corrected chi connectivity index (χ1v) is 7.41. The summed E-state index contributed by atoms with van der Waals surface area (Å²) in [6, 6.07) is 8.15. The number of carbonyl (C=O) groups excluding carboxylic acids is 1. The molecule has 0 unspecified atom stereocenters. The number of phenolic OH excluding ortho intramolecular Hbond substituents is 1. The molecule has 1 amide bonds. The fourth-order valence-electron chi connectivity index (χ4n) is 2.61. The first-order valence-electron chi connectivity index (χ1n) is 7.41. The fraction of sp³-hybridized carbons (Fsp3) is 0.294. The third-order valence-corrected chi connectivity index (χ3v) is 3.70. The Hall–Kier alpha value is -2.56. The second-order valence-electron chi connectivity index (χ2n) is 5.33. The molecule has 0 aliphatic heterocycles. The minimum atomic E-state index is -0.230. The van der Waals surface area contributed by atoms with Gasteiger partial charge in [0.05, 0.1) is 0 Å². The maximum atomic E-state index is 11.9. The summed E-state index contributed by atoms with van der Waals surface area (Å²) in [6.45, 7) is -0.0443. The van der Waals surface area contributed by atoms with Gasteiger partial charge < -0.3 is 15.2 Å². The predicted molar refractivity (Wildman–Crippen MR) is 83.1 cm³/mol. The molecule has 5 heteroatoms. The highest BCUT2D eigenvalue weighted by molar-refractivity contribution is 5.91. The number of aromatic hydroxyl groups is 1. The molecule has 0 saturated carbocycles. The van der Waals surface area contributed by atoms with Crippen LogP contribution in [0.3, 0.4) is 0 Å². The number of benzene rings is 1. The van der Waals surface area contributed by atoms with Gasteiger partial charge in [-0.1, -0.05) is 0 Å². The molecule has 2 N–H and O–H groups in total. The van der Waals surface area contributed by atoms with Gasteiger partial charge in [0.15, 0.2) is 6.61 Å². The van der Waals surface area contributed by atoms with Gasteiger partial charge in [0.1, 0.15) is 11.5 Å². The van der Waals surface area contributed by atoms with Crippen LogP contribution in [0.25, 0.3) is 0 Å². The van der Waals surface area contributed by atoms with E-state index in [2.05, 4.69) is 10.3 Å². The molecule has 1 aromatic carbocycles. The highest BCUT2D eigenvalue weighted by Crippen LogP contribution is 2.27. The number of nitrogens with zero attached hydrogens (tertiary/aromatic N) is 1. The van der Waals surface area contributed by atoms with Crippen molar-refractivity contribution in [3.05, 3.63) is 47.8 Å². The number of anilines is 1. The second-order valence-corrected chi connectivity index (χ2v) is 5.33. The number of ether oxygens (including phenoxy) is 1. The van der Waals surface area contributed by atoms with E-state index in [0.717, 1.165) is 42.7 Å². The summed E-state index contributed by atoms with van der Waals surface area (Å²) >= 11 is 0. The van der Waals surface area contributed by atoms with Crippen molar-refractivity contribution in [1.29, 1.82) is 0 Å². The molecule has 1 aliphatic carbocycles. The average molecular weight is 298 g/mol. The molecule has 2 aromatic rings. The van der Waals surface area contributed by atoms with Crippen LogP contribution >= 0.6 is 0 Å². The van der Waals surface area contributed by atoms with Gasteiger partial charge in [-0.25, -0.2) is 0 Å². The van der Waals surface area contributed by atoms with E-state index in [9.17, 15) is 9.90 Å². The number of hydrogen-bond donors (Lipinski definition) is 2. The van der Waals surface area contributed by atoms with Gasteiger partial charge in [0.2, 0.25) is 0 Å². The fourth-order valence-corrected chi connectivity index (χ4v) is 2.61. The van der Waals surface area contributed by atoms with Gasteiger partial charge in [-0.3, -0.25) is 9.78 Å². The number of fused-ring (bicyclic) bond motifs is 1. The molecule has 0 bridgehead atoms. The molecule has 22 heavy (non-hydrogen) atoms. The van der Waals surface area contributed by atoms with Crippen LogP contribution in [-0.2, 0) is 17.6 Å². The van der Waals surface area contributed by atoms with E-state index in [1.54, 1.807) is 18.3 Å².